The van der Waals surface area contributed by atoms with Gasteiger partial charge in [-0.1, -0.05) is 13.3 Å². The minimum Gasteiger partial charge on any atom is -0.497 e. The molecule has 1 atom stereocenters. The molecule has 1 aliphatic heterocycles. The van der Waals surface area contributed by atoms with Crippen LogP contribution < -0.4 is 4.74 Å². The number of sulfonamides is 1. The molecule has 41 heavy (non-hydrogen) atoms. The molecule has 1 saturated carbocycles. The predicted molar refractivity (Wildman–Crippen MR) is 164 cm³/mol. The largest absolute Gasteiger partial charge is 0.497 e. The fraction of sp³-hybridized carbons (Fsp3) is 0.774. The molecule has 1 heterocycles. The second kappa shape index (κ2) is 15.7. The molecule has 0 bridgehead atoms. The SMILES string of the molecule is CCCCN(C)C1CCN(C[C@H]2CC[C@@H](N(C)C(=O)COCCN(C)S(=O)(=O)c3c(C)cc(OC)cc3C)CC2)C1. The maximum atomic E-state index is 13.2. The van der Waals surface area contributed by atoms with Crippen LogP contribution in [0.25, 0.3) is 0 Å². The van der Waals surface area contributed by atoms with Crippen LogP contribution in [0.3, 0.4) is 0 Å². The van der Waals surface area contributed by atoms with Crippen molar-refractivity contribution in [3.63, 3.8) is 0 Å². The van der Waals surface area contributed by atoms with Gasteiger partial charge in [0, 0.05) is 45.8 Å². The van der Waals surface area contributed by atoms with Crippen LogP contribution in [-0.4, -0.2) is 120 Å². The summed E-state index contributed by atoms with van der Waals surface area (Å²) in [6.07, 6.45) is 8.17. The monoisotopic (exact) mass is 594 g/mol. The number of methoxy groups -OCH3 is 1. The molecule has 3 rings (SSSR count). The van der Waals surface area contributed by atoms with Gasteiger partial charge in [-0.25, -0.2) is 8.42 Å². The second-order valence-corrected chi connectivity index (χ2v) is 14.2. The van der Waals surface area contributed by atoms with Gasteiger partial charge in [-0.15, -0.1) is 0 Å². The van der Waals surface area contributed by atoms with Gasteiger partial charge in [0.25, 0.3) is 0 Å². The quantitative estimate of drug-likeness (QED) is 0.286. The maximum absolute atomic E-state index is 13.2. The zero-order chi connectivity index (χ0) is 30.2. The summed E-state index contributed by atoms with van der Waals surface area (Å²) in [6, 6.07) is 4.39. The zero-order valence-corrected chi connectivity index (χ0v) is 27.3. The molecule has 1 unspecified atom stereocenters. The number of nitrogens with zero attached hydrogens (tertiary/aromatic N) is 4. The lowest BCUT2D eigenvalue weighted by atomic mass is 9.85. The van der Waals surface area contributed by atoms with E-state index in [9.17, 15) is 13.2 Å². The molecule has 9 nitrogen and oxygen atoms in total. The van der Waals surface area contributed by atoms with Crippen molar-refractivity contribution in [2.45, 2.75) is 82.7 Å². The van der Waals surface area contributed by atoms with E-state index in [4.69, 9.17) is 9.47 Å². The number of hydrogen-bond donors (Lipinski definition) is 0. The van der Waals surface area contributed by atoms with E-state index in [1.165, 1.54) is 49.7 Å². The summed E-state index contributed by atoms with van der Waals surface area (Å²) >= 11 is 0. The number of aryl methyl sites for hydroxylation is 2. The lowest BCUT2D eigenvalue weighted by Crippen LogP contribution is -2.43. The number of ether oxygens (including phenoxy) is 2. The van der Waals surface area contributed by atoms with Crippen molar-refractivity contribution in [2.75, 3.05) is 74.2 Å². The van der Waals surface area contributed by atoms with E-state index in [0.29, 0.717) is 28.8 Å². The Labute approximate surface area is 249 Å². The highest BCUT2D eigenvalue weighted by Crippen LogP contribution is 2.30. The number of carbonyl (C=O) groups excluding carboxylic acids is 1. The van der Waals surface area contributed by atoms with Gasteiger partial charge in [0.2, 0.25) is 15.9 Å². The third kappa shape index (κ3) is 9.13. The van der Waals surface area contributed by atoms with Gasteiger partial charge in [0.15, 0.2) is 0 Å². The molecule has 234 valence electrons. The van der Waals surface area contributed by atoms with Crippen molar-refractivity contribution < 1.29 is 22.7 Å². The zero-order valence-electron chi connectivity index (χ0n) is 26.5. The summed E-state index contributed by atoms with van der Waals surface area (Å²) in [5, 5.41) is 0. The first-order valence-electron chi connectivity index (χ1n) is 15.3. The molecule has 0 spiro atoms. The van der Waals surface area contributed by atoms with Crippen LogP contribution in [0, 0.1) is 19.8 Å². The van der Waals surface area contributed by atoms with Crippen LogP contribution >= 0.6 is 0 Å². The first kappa shape index (κ1) is 33.8. The minimum atomic E-state index is -3.69. The molecule has 1 aliphatic carbocycles. The van der Waals surface area contributed by atoms with Crippen LogP contribution in [0.1, 0.15) is 63.0 Å². The van der Waals surface area contributed by atoms with Gasteiger partial charge in [0.1, 0.15) is 12.4 Å². The molecule has 0 radical (unpaired) electrons. The van der Waals surface area contributed by atoms with Gasteiger partial charge < -0.3 is 24.2 Å². The van der Waals surface area contributed by atoms with E-state index in [1.54, 1.807) is 40.1 Å². The molecule has 1 amide bonds. The van der Waals surface area contributed by atoms with Crippen molar-refractivity contribution in [3.8, 4) is 5.75 Å². The molecule has 0 N–H and O–H groups in total. The van der Waals surface area contributed by atoms with Gasteiger partial charge in [-0.2, -0.15) is 4.31 Å². The molecule has 2 aliphatic rings. The number of benzene rings is 1. The Bertz CT molecular complexity index is 1070. The standard InChI is InChI=1S/C31H54N4O5S/c1-8-9-15-32(4)28-14-16-35(22-28)21-26-10-12-27(13-11-26)34(6)30(36)23-40-18-17-33(5)41(37,38)31-24(2)19-29(39-7)20-25(31)3/h19-20,26-28H,8-18,21-23H2,1-7H3/t26-,27+,28?. The normalized spacial score (nSPS) is 22.0. The topological polar surface area (TPSA) is 82.6 Å². The smallest absolute Gasteiger partial charge is 0.248 e. The summed E-state index contributed by atoms with van der Waals surface area (Å²) in [5.41, 5.74) is 1.28. The van der Waals surface area contributed by atoms with E-state index in [0.717, 1.165) is 25.7 Å². The Morgan fingerprint density at radius 2 is 1.66 bits per heavy atom. The van der Waals surface area contributed by atoms with Gasteiger partial charge >= 0.3 is 0 Å². The van der Waals surface area contributed by atoms with Gasteiger partial charge in [-0.05, 0) is 102 Å². The Morgan fingerprint density at radius 3 is 2.27 bits per heavy atom. The highest BCUT2D eigenvalue weighted by atomic mass is 32.2. The molecular weight excluding hydrogens is 540 g/mol. The van der Waals surface area contributed by atoms with Gasteiger partial charge in [-0.3, -0.25) is 4.79 Å². The van der Waals surface area contributed by atoms with Crippen LogP contribution in [0.15, 0.2) is 17.0 Å². The Kier molecular flexibility index (Phi) is 12.9. The molecule has 1 aromatic rings. The molecule has 1 saturated heterocycles. The highest BCUT2D eigenvalue weighted by Gasteiger charge is 2.31. The van der Waals surface area contributed by atoms with Crippen molar-refractivity contribution in [2.24, 2.45) is 5.92 Å². The second-order valence-electron chi connectivity index (χ2n) is 12.2. The molecule has 0 aromatic heterocycles. The van der Waals surface area contributed by atoms with Crippen LogP contribution in [-0.2, 0) is 19.6 Å². The third-order valence-electron chi connectivity index (χ3n) is 9.12. The molecule has 10 heteroatoms. The molecule has 1 aromatic carbocycles. The van der Waals surface area contributed by atoms with Crippen molar-refractivity contribution >= 4 is 15.9 Å². The lowest BCUT2D eigenvalue weighted by molar-refractivity contribution is -0.137. The summed E-state index contributed by atoms with van der Waals surface area (Å²) < 4.78 is 38.6. The third-order valence-corrected chi connectivity index (χ3v) is 11.3. The van der Waals surface area contributed by atoms with Crippen LogP contribution in [0.4, 0.5) is 0 Å². The van der Waals surface area contributed by atoms with E-state index in [2.05, 4.69) is 23.8 Å². The first-order valence-corrected chi connectivity index (χ1v) is 16.8. The molecular formula is C31H54N4O5S. The minimum absolute atomic E-state index is 0.0361. The van der Waals surface area contributed by atoms with Crippen LogP contribution in [0.5, 0.6) is 5.75 Å². The number of carbonyl (C=O) groups is 1. The van der Waals surface area contributed by atoms with Gasteiger partial charge in [0.05, 0.1) is 18.6 Å². The van der Waals surface area contributed by atoms with E-state index < -0.39 is 10.0 Å². The van der Waals surface area contributed by atoms with E-state index in [1.807, 2.05) is 11.9 Å². The Balaban J connectivity index is 1.36. The summed E-state index contributed by atoms with van der Waals surface area (Å²) in [4.78, 5) is 20.2. The fourth-order valence-electron chi connectivity index (χ4n) is 6.38. The number of rotatable bonds is 15. The number of likely N-dealkylation sites (tertiary alicyclic amines) is 1. The van der Waals surface area contributed by atoms with Crippen molar-refractivity contribution in [1.29, 1.82) is 0 Å². The first-order chi connectivity index (χ1) is 19.5. The average Bonchev–Trinajstić information content (AvgIpc) is 3.41. The Hall–Kier alpha value is -1.72. The van der Waals surface area contributed by atoms with Crippen molar-refractivity contribution in [1.82, 2.24) is 19.0 Å². The van der Waals surface area contributed by atoms with Crippen LogP contribution in [0.2, 0.25) is 0 Å². The Morgan fingerprint density at radius 1 is 1.00 bits per heavy atom. The lowest BCUT2D eigenvalue weighted by Gasteiger charge is -2.36. The summed E-state index contributed by atoms with van der Waals surface area (Å²) in [6.45, 7) is 10.8. The fourth-order valence-corrected chi connectivity index (χ4v) is 7.94. The maximum Gasteiger partial charge on any atom is 0.248 e. The number of likely N-dealkylation sites (N-methyl/N-ethyl adjacent to an activating group) is 3. The highest BCUT2D eigenvalue weighted by molar-refractivity contribution is 7.89. The molecule has 2 fully saturated rings. The van der Waals surface area contributed by atoms with Crippen molar-refractivity contribution in [3.05, 3.63) is 23.3 Å². The average molecular weight is 595 g/mol. The predicted octanol–water partition coefficient (Wildman–Crippen LogP) is 3.77. The van der Waals surface area contributed by atoms with E-state index >= 15 is 0 Å². The number of hydrogen-bond acceptors (Lipinski definition) is 7. The number of amides is 1. The number of unbranched alkanes of at least 4 members (excludes halogenated alkanes) is 1. The summed E-state index contributed by atoms with van der Waals surface area (Å²) in [5.74, 6) is 1.30. The van der Waals surface area contributed by atoms with E-state index in [-0.39, 0.29) is 36.6 Å². The summed E-state index contributed by atoms with van der Waals surface area (Å²) in [7, 11) is 3.57.